The summed E-state index contributed by atoms with van der Waals surface area (Å²) < 4.78 is 0. The van der Waals surface area contributed by atoms with Crippen LogP contribution in [0, 0.1) is 39.9 Å². The Kier molecular flexibility index (Phi) is 500. The van der Waals surface area contributed by atoms with Crippen molar-refractivity contribution in [1.29, 1.82) is 0 Å². The Hall–Kier alpha value is -1.13. The van der Waals surface area contributed by atoms with Crippen LogP contribution in [-0.2, 0) is 0 Å². The summed E-state index contributed by atoms with van der Waals surface area (Å²) in [6.45, 7) is 0. The third-order valence-electron chi connectivity index (χ3n) is 0. The van der Waals surface area contributed by atoms with Crippen molar-refractivity contribution >= 4 is 0 Å². The van der Waals surface area contributed by atoms with E-state index >= 15 is 0 Å². The third kappa shape index (κ3) is 1950. The maximum Gasteiger partial charge on any atom is 4.00 e. The third-order valence-corrected chi connectivity index (χ3v) is 0. The van der Waals surface area contributed by atoms with E-state index in [2.05, 4.69) is 0 Å². The molecule has 80 valence electrons. The van der Waals surface area contributed by atoms with Crippen LogP contribution in [0.2, 0.25) is 0 Å². The van der Waals surface area contributed by atoms with E-state index in [0.717, 1.165) is 0 Å². The van der Waals surface area contributed by atoms with Crippen LogP contribution in [0.3, 0.4) is 0 Å². The van der Waals surface area contributed by atoms with Crippen molar-refractivity contribution < 1.29 is 69.5 Å². The van der Waals surface area contributed by atoms with Gasteiger partial charge < -0.3 is 55.3 Å². The molecular weight excluding hydrogens is 465 g/mol. The van der Waals surface area contributed by atoms with E-state index in [4.69, 9.17) is 55.3 Å². The summed E-state index contributed by atoms with van der Waals surface area (Å²) in [5.74, 6) is 0. The van der Waals surface area contributed by atoms with Gasteiger partial charge in [0, 0.05) is 0 Å². The zero-order valence-electron chi connectivity index (χ0n) is 8.21. The van der Waals surface area contributed by atoms with Crippen LogP contribution in [0.1, 0.15) is 0 Å². The molecule has 0 aromatic rings. The van der Waals surface area contributed by atoms with E-state index in [1.807, 2.05) is 0 Å². The fraction of sp³-hybridized carbons (Fsp3) is 0. The van der Waals surface area contributed by atoms with Crippen LogP contribution in [0.25, 0.3) is 79.9 Å². The van der Waals surface area contributed by atoms with Crippen LogP contribution < -0.4 is 29.6 Å². The summed E-state index contributed by atoms with van der Waals surface area (Å²) >= 11 is 0. The van der Waals surface area contributed by atoms with E-state index in [1.54, 1.807) is 0 Å². The molecule has 0 aliphatic heterocycles. The first-order valence-electron chi connectivity index (χ1n) is 2.00. The second-order valence-electron chi connectivity index (χ2n) is 0.447. The minimum absolute atomic E-state index is 0. The molecule has 0 saturated carbocycles. The maximum absolute atomic E-state index is 6.75. The van der Waals surface area contributed by atoms with E-state index in [-0.39, 0.29) is 69.5 Å². The minimum Gasteiger partial charge on any atom is -0.373 e. The zero-order chi connectivity index (χ0) is 13.5. The summed E-state index contributed by atoms with van der Waals surface area (Å²) in [6, 6.07) is 0. The topological polar surface area (TPSA) is 294 Å². The van der Waals surface area contributed by atoms with Gasteiger partial charge in [-0.1, -0.05) is 0 Å². The van der Waals surface area contributed by atoms with Crippen molar-refractivity contribution in [2.45, 2.75) is 0 Å². The van der Waals surface area contributed by atoms with Crippen LogP contribution in [-0.4, -0.2) is 0 Å². The largest absolute Gasteiger partial charge is 4.00 e. The molecule has 0 aliphatic rings. The molecule has 0 amide bonds. The second-order valence-corrected chi connectivity index (χ2v) is 0.447. The molecule has 0 spiro atoms. The summed E-state index contributed by atoms with van der Waals surface area (Å²) in [5.41, 5.74) is 67.5. The van der Waals surface area contributed by atoms with Gasteiger partial charge >= 0.3 is 69.5 Å². The molecule has 0 aliphatic carbocycles. The van der Waals surface area contributed by atoms with E-state index in [9.17, 15) is 0 Å². The minimum atomic E-state index is 0. The van der Waals surface area contributed by atoms with Gasteiger partial charge in [-0.3, -0.25) is 24.6 Å². The molecule has 0 N–H and O–H groups in total. The van der Waals surface area contributed by atoms with Crippen molar-refractivity contribution in [1.82, 2.24) is 0 Å². The number of hydrogen-bond acceptors (Lipinski definition) is 0. The molecule has 0 radical (unpaired) electrons. The molecule has 0 atom stereocenters. The Labute approximate surface area is 148 Å². The van der Waals surface area contributed by atoms with Crippen LogP contribution in [0.5, 0.6) is 0 Å². The standard InChI is InChI=1S/5N3.Na.Th/c5*1-3-2;;/q5*-1;+1;+4. The van der Waals surface area contributed by atoms with Crippen molar-refractivity contribution in [3.63, 3.8) is 0 Å². The van der Waals surface area contributed by atoms with Crippen molar-refractivity contribution in [2.75, 3.05) is 0 Å². The molecule has 0 rings (SSSR count). The second kappa shape index (κ2) is 191. The molecule has 17 heteroatoms. The Bertz CT molecular complexity index is 186. The molecule has 0 heterocycles. The summed E-state index contributed by atoms with van der Waals surface area (Å²) in [6.07, 6.45) is 0. The smallest absolute Gasteiger partial charge is 0.373 e. The predicted molar refractivity (Wildman–Crippen MR) is 50.4 cm³/mol. The molecule has 0 unspecified atom stereocenters. The number of nitrogens with zero attached hydrogens (tertiary/aromatic N) is 15. The fourth-order valence-corrected chi connectivity index (χ4v) is 0. The van der Waals surface area contributed by atoms with Crippen LogP contribution >= 0.6 is 0 Å². The zero-order valence-corrected chi connectivity index (χ0v) is 14.3. The van der Waals surface area contributed by atoms with Crippen LogP contribution in [0.4, 0.5) is 0 Å². The summed E-state index contributed by atoms with van der Waals surface area (Å²) in [7, 11) is 0. The molecule has 0 bridgehead atoms. The van der Waals surface area contributed by atoms with Gasteiger partial charge in [0.2, 0.25) is 0 Å². The van der Waals surface area contributed by atoms with Gasteiger partial charge in [0.15, 0.2) is 0 Å². The summed E-state index contributed by atoms with van der Waals surface area (Å²) in [5, 5.41) is 0. The van der Waals surface area contributed by atoms with Gasteiger partial charge in [0.05, 0.1) is 0 Å². The average molecular weight is 465 g/mol. The normalized spacial score (nSPS) is 2.35. The molecule has 15 nitrogen and oxygen atoms in total. The molecule has 0 saturated heterocycles. The van der Waals surface area contributed by atoms with Crippen molar-refractivity contribution in [2.24, 2.45) is 0 Å². The first-order valence-corrected chi connectivity index (χ1v) is 2.00. The Morgan fingerprint density at radius 2 is 0.353 bits per heavy atom. The number of rotatable bonds is 0. The predicted octanol–water partition coefficient (Wildman–Crippen LogP) is 1.33. The van der Waals surface area contributed by atoms with Gasteiger partial charge in [-0.25, -0.2) is 0 Å². The fourth-order valence-electron chi connectivity index (χ4n) is 0. The van der Waals surface area contributed by atoms with Gasteiger partial charge in [0.1, 0.15) is 0 Å². The first kappa shape index (κ1) is 44.6. The molecule has 17 heavy (non-hydrogen) atoms. The van der Waals surface area contributed by atoms with Gasteiger partial charge in [-0.15, -0.1) is 0 Å². The van der Waals surface area contributed by atoms with Crippen LogP contribution in [0.15, 0.2) is 0 Å². The molecule has 0 aromatic heterocycles. The molecular formula is N15NaTh. The monoisotopic (exact) mass is 465 g/mol. The maximum atomic E-state index is 6.75. The number of hydrogen-bond donors (Lipinski definition) is 0. The van der Waals surface area contributed by atoms with E-state index in [1.165, 1.54) is 24.6 Å². The van der Waals surface area contributed by atoms with Gasteiger partial charge in [0.25, 0.3) is 0 Å². The Morgan fingerprint density at radius 3 is 0.353 bits per heavy atom. The quantitative estimate of drug-likeness (QED) is 0.212. The van der Waals surface area contributed by atoms with E-state index in [0.29, 0.717) is 0 Å². The Morgan fingerprint density at radius 1 is 0.353 bits per heavy atom. The SMILES string of the molecule is [N-]=[N+]=[N-].[N-]=[N+]=[N-].[N-]=[N+]=[N-].[N-]=[N+]=[N-].[N-]=[N+]=[N-].[Na+].[Th+4]. The Balaban J connectivity index is -0.0000000143. The van der Waals surface area contributed by atoms with Crippen molar-refractivity contribution in [3.05, 3.63) is 79.9 Å². The first-order chi connectivity index (χ1) is 7.07. The van der Waals surface area contributed by atoms with E-state index < -0.39 is 0 Å². The average Bonchev–Trinajstić information content (AvgIpc) is 2.09. The molecule has 0 aromatic carbocycles. The van der Waals surface area contributed by atoms with Crippen molar-refractivity contribution in [3.8, 4) is 0 Å². The summed E-state index contributed by atoms with van der Waals surface area (Å²) in [4.78, 5) is 7.50. The van der Waals surface area contributed by atoms with Gasteiger partial charge in [-0.2, -0.15) is 0 Å². The van der Waals surface area contributed by atoms with Gasteiger partial charge in [-0.05, 0) is 0 Å². The molecule has 0 fully saturated rings.